The molecule has 5 heteroatoms. The molecule has 1 aromatic rings. The van der Waals surface area contributed by atoms with E-state index in [1.807, 2.05) is 11.0 Å². The molecule has 3 aliphatic rings. The number of nitrogens with zero attached hydrogens (tertiary/aromatic N) is 1. The van der Waals surface area contributed by atoms with Gasteiger partial charge in [-0.3, -0.25) is 4.79 Å². The molecule has 0 radical (unpaired) electrons. The highest BCUT2D eigenvalue weighted by Gasteiger charge is 2.39. The number of carbonyl (C=O) groups excluding carboxylic acids is 1. The SMILES string of the molecule is CC1CCC(C(=O)N(c2cc(C3=CCCCC3)sc2C(=O)O)C2CCC(C(C)(C)C)CC2)CC1. The molecule has 4 rings (SSSR count). The van der Waals surface area contributed by atoms with Crippen molar-refractivity contribution in [3.63, 3.8) is 0 Å². The Bertz CT molecular complexity index is 908. The van der Waals surface area contributed by atoms with E-state index in [9.17, 15) is 14.7 Å². The van der Waals surface area contributed by atoms with Gasteiger partial charge in [0.25, 0.3) is 0 Å². The molecule has 188 valence electrons. The van der Waals surface area contributed by atoms with Crippen LogP contribution in [0, 0.1) is 23.2 Å². The predicted molar refractivity (Wildman–Crippen MR) is 142 cm³/mol. The van der Waals surface area contributed by atoms with Crippen LogP contribution in [0.4, 0.5) is 5.69 Å². The summed E-state index contributed by atoms with van der Waals surface area (Å²) < 4.78 is 0. The number of carboxylic acids is 1. The van der Waals surface area contributed by atoms with Crippen LogP contribution in [0.3, 0.4) is 0 Å². The lowest BCUT2D eigenvalue weighted by atomic mass is 9.71. The van der Waals surface area contributed by atoms with Crippen molar-refractivity contribution in [1.29, 1.82) is 0 Å². The normalized spacial score (nSPS) is 28.3. The number of hydrogen-bond acceptors (Lipinski definition) is 3. The molecule has 0 atom stereocenters. The summed E-state index contributed by atoms with van der Waals surface area (Å²) in [5, 5.41) is 10.2. The first kappa shape index (κ1) is 25.5. The number of hydrogen-bond donors (Lipinski definition) is 1. The summed E-state index contributed by atoms with van der Waals surface area (Å²) in [5.74, 6) is 0.632. The third-order valence-electron chi connectivity index (χ3n) is 8.66. The van der Waals surface area contributed by atoms with Crippen LogP contribution in [0.1, 0.15) is 119 Å². The van der Waals surface area contributed by atoms with Gasteiger partial charge in [0.2, 0.25) is 5.91 Å². The average molecular weight is 486 g/mol. The second kappa shape index (κ2) is 10.6. The fourth-order valence-electron chi connectivity index (χ4n) is 6.33. The van der Waals surface area contributed by atoms with Crippen LogP contribution >= 0.6 is 11.3 Å². The number of thiophene rings is 1. The number of allylic oxidation sites excluding steroid dienone is 2. The monoisotopic (exact) mass is 485 g/mol. The zero-order valence-corrected chi connectivity index (χ0v) is 22.4. The molecule has 0 unspecified atom stereocenters. The summed E-state index contributed by atoms with van der Waals surface area (Å²) in [7, 11) is 0. The summed E-state index contributed by atoms with van der Waals surface area (Å²) in [6, 6.07) is 2.15. The molecule has 4 nitrogen and oxygen atoms in total. The molecule has 0 aliphatic heterocycles. The molecule has 2 fully saturated rings. The van der Waals surface area contributed by atoms with Crippen molar-refractivity contribution in [3.8, 4) is 0 Å². The van der Waals surface area contributed by atoms with Gasteiger partial charge < -0.3 is 10.0 Å². The Balaban J connectivity index is 1.68. The first-order valence-corrected chi connectivity index (χ1v) is 14.4. The molecule has 34 heavy (non-hydrogen) atoms. The van der Waals surface area contributed by atoms with E-state index < -0.39 is 5.97 Å². The molecule has 1 heterocycles. The number of rotatable bonds is 5. The molecule has 0 aromatic carbocycles. The van der Waals surface area contributed by atoms with Crippen LogP contribution in [0.2, 0.25) is 0 Å². The van der Waals surface area contributed by atoms with Crippen molar-refractivity contribution in [2.24, 2.45) is 23.2 Å². The van der Waals surface area contributed by atoms with Gasteiger partial charge in [0.15, 0.2) is 0 Å². The lowest BCUT2D eigenvalue weighted by molar-refractivity contribution is -0.124. The molecule has 2 saturated carbocycles. The summed E-state index contributed by atoms with van der Waals surface area (Å²) in [5.41, 5.74) is 2.20. The molecular weight excluding hydrogens is 442 g/mol. The highest BCUT2D eigenvalue weighted by atomic mass is 32.1. The molecule has 1 amide bonds. The number of aromatic carboxylic acids is 1. The molecule has 0 spiro atoms. The Morgan fingerprint density at radius 1 is 1.00 bits per heavy atom. The molecule has 0 saturated heterocycles. The van der Waals surface area contributed by atoms with E-state index >= 15 is 0 Å². The number of carbonyl (C=O) groups is 2. The number of anilines is 1. The summed E-state index contributed by atoms with van der Waals surface area (Å²) in [4.78, 5) is 29.8. The van der Waals surface area contributed by atoms with Crippen LogP contribution in [-0.2, 0) is 4.79 Å². The van der Waals surface area contributed by atoms with Gasteiger partial charge in [-0.1, -0.05) is 33.8 Å². The second-order valence-electron chi connectivity index (χ2n) is 12.1. The van der Waals surface area contributed by atoms with Crippen LogP contribution in [-0.4, -0.2) is 23.0 Å². The van der Waals surface area contributed by atoms with E-state index in [2.05, 4.69) is 33.8 Å². The zero-order chi connectivity index (χ0) is 24.5. The summed E-state index contributed by atoms with van der Waals surface area (Å²) in [6.07, 6.45) is 14.9. The van der Waals surface area contributed by atoms with Crippen LogP contribution in [0.5, 0.6) is 0 Å². The lowest BCUT2D eigenvalue weighted by Crippen LogP contribution is -2.47. The maximum Gasteiger partial charge on any atom is 0.348 e. The molecular formula is C29H43NO3S. The average Bonchev–Trinajstić information content (AvgIpc) is 3.25. The van der Waals surface area contributed by atoms with Crippen LogP contribution in [0.25, 0.3) is 5.57 Å². The maximum absolute atomic E-state index is 14.1. The topological polar surface area (TPSA) is 57.6 Å². The first-order valence-electron chi connectivity index (χ1n) is 13.5. The Morgan fingerprint density at radius 3 is 2.24 bits per heavy atom. The third-order valence-corrected chi connectivity index (χ3v) is 9.85. The lowest BCUT2D eigenvalue weighted by Gasteiger charge is -2.42. The minimum absolute atomic E-state index is 0.0235. The Morgan fingerprint density at radius 2 is 1.68 bits per heavy atom. The van der Waals surface area contributed by atoms with Crippen molar-refractivity contribution >= 4 is 34.5 Å². The minimum Gasteiger partial charge on any atom is -0.477 e. The fraction of sp³-hybridized carbons (Fsp3) is 0.724. The van der Waals surface area contributed by atoms with E-state index in [4.69, 9.17) is 0 Å². The second-order valence-corrected chi connectivity index (χ2v) is 13.2. The smallest absolute Gasteiger partial charge is 0.348 e. The van der Waals surface area contributed by atoms with Gasteiger partial charge in [-0.2, -0.15) is 0 Å². The van der Waals surface area contributed by atoms with E-state index in [1.165, 1.54) is 23.3 Å². The minimum atomic E-state index is -0.902. The highest BCUT2D eigenvalue weighted by Crippen LogP contribution is 2.44. The molecule has 1 aromatic heterocycles. The van der Waals surface area contributed by atoms with Gasteiger partial charge in [0.1, 0.15) is 4.88 Å². The summed E-state index contributed by atoms with van der Waals surface area (Å²) in [6.45, 7) is 9.22. The molecule has 0 bridgehead atoms. The highest BCUT2D eigenvalue weighted by molar-refractivity contribution is 7.15. The van der Waals surface area contributed by atoms with Crippen molar-refractivity contribution < 1.29 is 14.7 Å². The van der Waals surface area contributed by atoms with Gasteiger partial charge in [0, 0.05) is 16.8 Å². The predicted octanol–water partition coefficient (Wildman–Crippen LogP) is 8.17. The van der Waals surface area contributed by atoms with Gasteiger partial charge in [-0.25, -0.2) is 4.79 Å². The van der Waals surface area contributed by atoms with Gasteiger partial charge in [0.05, 0.1) is 5.69 Å². The standard InChI is InChI=1S/C29H43NO3S/c1-19-10-12-21(13-11-19)27(31)30(23-16-14-22(15-17-23)29(2,3)4)24-18-25(34-26(24)28(32)33)20-8-6-5-7-9-20/h8,18-19,21-23H,5-7,9-17H2,1-4H3,(H,32,33). The van der Waals surface area contributed by atoms with Gasteiger partial charge in [-0.15, -0.1) is 11.3 Å². The van der Waals surface area contributed by atoms with Gasteiger partial charge in [-0.05, 0) is 106 Å². The number of carboxylic acid groups (broad SMARTS) is 1. The van der Waals surface area contributed by atoms with Crippen molar-refractivity contribution in [1.82, 2.24) is 0 Å². The van der Waals surface area contributed by atoms with Crippen LogP contribution in [0.15, 0.2) is 12.1 Å². The number of amides is 1. The van der Waals surface area contributed by atoms with E-state index in [0.717, 1.165) is 75.5 Å². The van der Waals surface area contributed by atoms with Crippen molar-refractivity contribution in [2.75, 3.05) is 4.90 Å². The summed E-state index contributed by atoms with van der Waals surface area (Å²) >= 11 is 1.37. The fourth-order valence-corrected chi connectivity index (χ4v) is 7.39. The van der Waals surface area contributed by atoms with E-state index in [1.54, 1.807) is 0 Å². The van der Waals surface area contributed by atoms with Crippen molar-refractivity contribution in [3.05, 3.63) is 21.9 Å². The van der Waals surface area contributed by atoms with Gasteiger partial charge >= 0.3 is 5.97 Å². The van der Waals surface area contributed by atoms with E-state index in [0.29, 0.717) is 22.4 Å². The van der Waals surface area contributed by atoms with Crippen molar-refractivity contribution in [2.45, 2.75) is 111 Å². The quantitative estimate of drug-likeness (QED) is 0.457. The maximum atomic E-state index is 14.1. The van der Waals surface area contributed by atoms with E-state index in [-0.39, 0.29) is 23.3 Å². The largest absolute Gasteiger partial charge is 0.477 e. The molecule has 3 aliphatic carbocycles. The Kier molecular flexibility index (Phi) is 7.91. The Hall–Kier alpha value is -1.62. The zero-order valence-electron chi connectivity index (χ0n) is 21.6. The third kappa shape index (κ3) is 5.61. The first-order chi connectivity index (χ1) is 16.1. The van der Waals surface area contributed by atoms with Crippen LogP contribution < -0.4 is 4.90 Å². The Labute approximate surface area is 209 Å². The molecule has 1 N–H and O–H groups in total.